The van der Waals surface area contributed by atoms with Gasteiger partial charge < -0.3 is 29.6 Å². The first-order valence-electron chi connectivity index (χ1n) is 11.4. The third-order valence-electron chi connectivity index (χ3n) is 5.64. The van der Waals surface area contributed by atoms with Gasteiger partial charge in [-0.2, -0.15) is 0 Å². The predicted molar refractivity (Wildman–Crippen MR) is 138 cm³/mol. The van der Waals surface area contributed by atoms with E-state index in [1.54, 1.807) is 32.7 Å². The fourth-order valence-electron chi connectivity index (χ4n) is 4.07. The van der Waals surface area contributed by atoms with E-state index in [1.807, 2.05) is 26.0 Å². The van der Waals surface area contributed by atoms with Crippen molar-refractivity contribution < 1.29 is 18.9 Å². The molecule has 0 unspecified atom stereocenters. The standard InChI is InChI=1S/C24H25N3O4S.C2H6/c1-28-19-7-5-16(21(29-2)22(19)30-3)20-11-17-23(32-20)24(27-13-26-17)25-12-14-4-6-18-15(10-14)8-9-31-18;1-2/h4-7,10-11,26H,8-9,12-13H2,1-3H3,(H,25,27);1-2H3. The quantitative estimate of drug-likeness (QED) is 0.496. The number of fused-ring (bicyclic) bond motifs is 2. The molecule has 1 aromatic heterocycles. The van der Waals surface area contributed by atoms with E-state index in [2.05, 4.69) is 39.9 Å². The summed E-state index contributed by atoms with van der Waals surface area (Å²) in [7, 11) is 4.88. The fraction of sp³-hybridized carbons (Fsp3) is 0.346. The van der Waals surface area contributed by atoms with Crippen LogP contribution in [0.15, 0.2) is 41.4 Å². The Kier molecular flexibility index (Phi) is 7.47. The Hall–Kier alpha value is -3.39. The van der Waals surface area contributed by atoms with Gasteiger partial charge in [0, 0.05) is 23.4 Å². The molecule has 0 saturated carbocycles. The zero-order valence-corrected chi connectivity index (χ0v) is 21.1. The number of ether oxygens (including phenoxy) is 4. The minimum absolute atomic E-state index is 0.534. The molecular weight excluding hydrogens is 450 g/mol. The van der Waals surface area contributed by atoms with E-state index in [4.69, 9.17) is 18.9 Å². The molecule has 0 aliphatic carbocycles. The highest BCUT2D eigenvalue weighted by Gasteiger charge is 2.23. The van der Waals surface area contributed by atoms with Crippen LogP contribution in [0, 0.1) is 0 Å². The number of methoxy groups -OCH3 is 3. The Morgan fingerprint density at radius 2 is 1.85 bits per heavy atom. The Bertz CT molecular complexity index is 1190. The topological polar surface area (TPSA) is 73.3 Å². The highest BCUT2D eigenvalue weighted by atomic mass is 32.1. The zero-order valence-electron chi connectivity index (χ0n) is 20.3. The number of nitrogens with one attached hydrogen (secondary N) is 2. The van der Waals surface area contributed by atoms with Gasteiger partial charge in [-0.15, -0.1) is 11.3 Å². The number of nitrogens with zero attached hydrogens (tertiary/aromatic N) is 1. The van der Waals surface area contributed by atoms with Crippen LogP contribution in [-0.4, -0.2) is 40.4 Å². The van der Waals surface area contributed by atoms with E-state index in [-0.39, 0.29) is 0 Å². The van der Waals surface area contributed by atoms with E-state index in [9.17, 15) is 0 Å². The summed E-state index contributed by atoms with van der Waals surface area (Å²) in [6.07, 6.45) is 0.972. The number of hydrogen-bond donors (Lipinski definition) is 2. The van der Waals surface area contributed by atoms with Crippen LogP contribution in [0.1, 0.15) is 29.9 Å². The molecule has 34 heavy (non-hydrogen) atoms. The number of aliphatic imine (C=N–C) groups is 1. The van der Waals surface area contributed by atoms with Crippen LogP contribution in [-0.2, 0) is 13.0 Å². The van der Waals surface area contributed by atoms with Crippen LogP contribution in [0.25, 0.3) is 10.4 Å². The molecule has 0 bridgehead atoms. The van der Waals surface area contributed by atoms with Crippen molar-refractivity contribution in [3.63, 3.8) is 0 Å². The van der Waals surface area contributed by atoms with E-state index in [0.717, 1.165) is 45.6 Å². The lowest BCUT2D eigenvalue weighted by molar-refractivity contribution is 0.325. The molecule has 2 aliphatic rings. The maximum absolute atomic E-state index is 5.69. The van der Waals surface area contributed by atoms with Crippen LogP contribution in [0.2, 0.25) is 0 Å². The van der Waals surface area contributed by atoms with Gasteiger partial charge in [-0.25, -0.2) is 4.99 Å². The number of rotatable bonds is 6. The van der Waals surface area contributed by atoms with E-state index in [1.165, 1.54) is 11.1 Å². The molecule has 0 saturated heterocycles. The van der Waals surface area contributed by atoms with Crippen molar-refractivity contribution in [2.75, 3.05) is 39.9 Å². The number of amidine groups is 1. The van der Waals surface area contributed by atoms with Crippen molar-refractivity contribution in [2.45, 2.75) is 26.8 Å². The average Bonchev–Trinajstić information content (AvgIpc) is 3.54. The van der Waals surface area contributed by atoms with E-state index >= 15 is 0 Å². The summed E-state index contributed by atoms with van der Waals surface area (Å²) < 4.78 is 22.3. The number of hydrogen-bond acceptors (Lipinski definition) is 8. The average molecular weight is 482 g/mol. The summed E-state index contributed by atoms with van der Waals surface area (Å²) >= 11 is 1.66. The first-order valence-corrected chi connectivity index (χ1v) is 12.2. The summed E-state index contributed by atoms with van der Waals surface area (Å²) in [6, 6.07) is 12.4. The molecule has 0 radical (unpaired) electrons. The monoisotopic (exact) mass is 481 g/mol. The molecule has 0 atom stereocenters. The second kappa shape index (κ2) is 10.7. The third-order valence-corrected chi connectivity index (χ3v) is 6.81. The predicted octanol–water partition coefficient (Wildman–Crippen LogP) is 5.32. The summed E-state index contributed by atoms with van der Waals surface area (Å²) in [5.41, 5.74) is 4.50. The molecule has 8 heteroatoms. The van der Waals surface area contributed by atoms with Gasteiger partial charge in [0.25, 0.3) is 0 Å². The van der Waals surface area contributed by atoms with Crippen molar-refractivity contribution in [3.8, 4) is 33.4 Å². The minimum Gasteiger partial charge on any atom is -0.493 e. The maximum Gasteiger partial charge on any atom is 0.203 e. The van der Waals surface area contributed by atoms with Gasteiger partial charge in [-0.1, -0.05) is 26.0 Å². The second-order valence-electron chi connectivity index (χ2n) is 7.47. The Morgan fingerprint density at radius 3 is 2.62 bits per heavy atom. The van der Waals surface area contributed by atoms with Crippen LogP contribution in [0.3, 0.4) is 0 Å². The van der Waals surface area contributed by atoms with Crippen molar-refractivity contribution in [3.05, 3.63) is 52.4 Å². The first-order chi connectivity index (χ1) is 16.7. The summed E-state index contributed by atoms with van der Waals surface area (Å²) in [6.45, 7) is 6.01. The molecule has 2 N–H and O–H groups in total. The van der Waals surface area contributed by atoms with E-state index in [0.29, 0.717) is 30.5 Å². The van der Waals surface area contributed by atoms with Crippen molar-refractivity contribution in [1.82, 2.24) is 5.32 Å². The van der Waals surface area contributed by atoms with Crippen LogP contribution >= 0.6 is 11.3 Å². The molecule has 0 amide bonds. The molecule has 2 aliphatic heterocycles. The molecule has 0 fully saturated rings. The normalized spacial score (nSPS) is 13.3. The van der Waals surface area contributed by atoms with Gasteiger partial charge in [0.1, 0.15) is 18.3 Å². The molecular formula is C26H31N3O4S. The van der Waals surface area contributed by atoms with Gasteiger partial charge in [0.15, 0.2) is 11.5 Å². The third kappa shape index (κ3) is 4.50. The first kappa shape index (κ1) is 23.8. The summed E-state index contributed by atoms with van der Waals surface area (Å²) in [4.78, 5) is 6.81. The molecule has 0 spiro atoms. The van der Waals surface area contributed by atoms with Gasteiger partial charge >= 0.3 is 0 Å². The number of thiophene rings is 1. The summed E-state index contributed by atoms with van der Waals surface area (Å²) in [5, 5.41) is 6.90. The van der Waals surface area contributed by atoms with Gasteiger partial charge in [-0.05, 0) is 35.4 Å². The molecule has 5 rings (SSSR count). The molecule has 180 valence electrons. The highest BCUT2D eigenvalue weighted by molar-refractivity contribution is 7.18. The van der Waals surface area contributed by atoms with Crippen LogP contribution < -0.4 is 29.6 Å². The Labute approximate surface area is 204 Å². The minimum atomic E-state index is 0.534. The lowest BCUT2D eigenvalue weighted by Gasteiger charge is -2.16. The van der Waals surface area contributed by atoms with Crippen molar-refractivity contribution in [2.24, 2.45) is 4.99 Å². The Balaban J connectivity index is 0.00000133. The molecule has 7 nitrogen and oxygen atoms in total. The van der Waals surface area contributed by atoms with E-state index < -0.39 is 0 Å². The van der Waals surface area contributed by atoms with Crippen LogP contribution in [0.4, 0.5) is 5.69 Å². The second-order valence-corrected chi connectivity index (χ2v) is 8.52. The largest absolute Gasteiger partial charge is 0.493 e. The molecule has 2 aromatic carbocycles. The van der Waals surface area contributed by atoms with Gasteiger partial charge in [0.2, 0.25) is 5.75 Å². The number of benzene rings is 2. The fourth-order valence-corrected chi connectivity index (χ4v) is 5.22. The summed E-state index contributed by atoms with van der Waals surface area (Å²) in [5.74, 6) is 3.76. The number of anilines is 1. The highest BCUT2D eigenvalue weighted by Crippen LogP contribution is 2.47. The molecule has 3 aromatic rings. The van der Waals surface area contributed by atoms with Crippen LogP contribution in [0.5, 0.6) is 23.0 Å². The SMILES string of the molecule is CC.COc1ccc(-c2cc3c(s2)C(NCc2ccc4c(c2)CCO4)=NCN3)c(OC)c1OC. The zero-order chi connectivity index (χ0) is 24.1. The maximum atomic E-state index is 5.69. The lowest BCUT2D eigenvalue weighted by Crippen LogP contribution is -2.27. The van der Waals surface area contributed by atoms with Crippen molar-refractivity contribution >= 4 is 22.9 Å². The van der Waals surface area contributed by atoms with Gasteiger partial charge in [-0.3, -0.25) is 0 Å². The molecule has 3 heterocycles. The van der Waals surface area contributed by atoms with Crippen molar-refractivity contribution in [1.29, 1.82) is 0 Å². The van der Waals surface area contributed by atoms with Gasteiger partial charge in [0.05, 0.1) is 38.5 Å². The Morgan fingerprint density at radius 1 is 1.03 bits per heavy atom. The smallest absolute Gasteiger partial charge is 0.203 e. The lowest BCUT2D eigenvalue weighted by atomic mass is 10.1.